The molecule has 0 saturated carbocycles. The Balaban J connectivity index is 1.82. The van der Waals surface area contributed by atoms with E-state index in [1.165, 1.54) is 19.7 Å². The number of ether oxygens (including phenoxy) is 1. The van der Waals surface area contributed by atoms with E-state index >= 15 is 0 Å². The maximum absolute atomic E-state index is 6.31. The van der Waals surface area contributed by atoms with Crippen LogP contribution in [0.25, 0.3) is 0 Å². The average molecular weight is 371 g/mol. The molecule has 26 heavy (non-hydrogen) atoms. The lowest BCUT2D eigenvalue weighted by Gasteiger charge is -2.12. The third kappa shape index (κ3) is 4.17. The minimum Gasteiger partial charge on any atom is -0.454 e. The Morgan fingerprint density at radius 2 is 2.15 bits per heavy atom. The molecular weight excluding hydrogens is 356 g/mol. The zero-order valence-corrected chi connectivity index (χ0v) is 14.5. The van der Waals surface area contributed by atoms with Crippen molar-refractivity contribution in [3.8, 4) is 11.5 Å². The number of nitrogens with one attached hydrogen (secondary N) is 1. The lowest BCUT2D eigenvalue weighted by molar-refractivity contribution is 0.215. The van der Waals surface area contributed by atoms with E-state index in [4.69, 9.17) is 22.1 Å². The number of aromatic nitrogens is 3. The standard InChI is InChI=1S/C17H15ClN6O2/c1-25-23-9-13-16(19)21-10-22-17(13)24-11-4-5-15(14(18)7-11)26-12-3-2-6-20-8-12/h2-10H,1H3,(H3,19,21,22,24). The molecule has 0 aliphatic heterocycles. The Hall–Kier alpha value is -3.39. The van der Waals surface area contributed by atoms with Gasteiger partial charge >= 0.3 is 0 Å². The molecule has 0 fully saturated rings. The SMILES string of the molecule is CON=Cc1c(N)ncnc1Nc1ccc(Oc2cccnc2)c(Cl)c1. The van der Waals surface area contributed by atoms with Crippen LogP contribution in [-0.2, 0) is 4.84 Å². The second-order valence-electron chi connectivity index (χ2n) is 5.00. The number of nitrogens with two attached hydrogens (primary N) is 1. The Morgan fingerprint density at radius 1 is 1.27 bits per heavy atom. The van der Waals surface area contributed by atoms with Gasteiger partial charge in [-0.25, -0.2) is 9.97 Å². The first-order valence-electron chi connectivity index (χ1n) is 7.49. The van der Waals surface area contributed by atoms with Gasteiger partial charge in [0, 0.05) is 11.9 Å². The maximum Gasteiger partial charge on any atom is 0.146 e. The first-order chi connectivity index (χ1) is 12.7. The summed E-state index contributed by atoms with van der Waals surface area (Å²) in [5, 5.41) is 7.25. The number of pyridine rings is 1. The summed E-state index contributed by atoms with van der Waals surface area (Å²) in [6, 6.07) is 8.82. The van der Waals surface area contributed by atoms with Crippen LogP contribution in [0.2, 0.25) is 5.02 Å². The Bertz CT molecular complexity index is 920. The van der Waals surface area contributed by atoms with E-state index < -0.39 is 0 Å². The molecule has 2 heterocycles. The number of hydrogen-bond donors (Lipinski definition) is 2. The molecule has 132 valence electrons. The second kappa shape index (κ2) is 8.13. The van der Waals surface area contributed by atoms with Crippen LogP contribution in [-0.4, -0.2) is 28.3 Å². The molecule has 0 spiro atoms. The lowest BCUT2D eigenvalue weighted by atomic mass is 10.2. The summed E-state index contributed by atoms with van der Waals surface area (Å²) >= 11 is 6.31. The molecule has 1 aromatic carbocycles. The molecule has 0 bridgehead atoms. The molecule has 0 atom stereocenters. The molecule has 0 radical (unpaired) electrons. The maximum atomic E-state index is 6.31. The van der Waals surface area contributed by atoms with Crippen molar-refractivity contribution in [3.05, 3.63) is 59.6 Å². The number of halogens is 1. The summed E-state index contributed by atoms with van der Waals surface area (Å²) in [5.74, 6) is 1.84. The summed E-state index contributed by atoms with van der Waals surface area (Å²) in [7, 11) is 1.43. The van der Waals surface area contributed by atoms with E-state index in [0.717, 1.165) is 0 Å². The van der Waals surface area contributed by atoms with E-state index in [1.54, 1.807) is 42.7 Å². The van der Waals surface area contributed by atoms with Gasteiger partial charge in [0.2, 0.25) is 0 Å². The highest BCUT2D eigenvalue weighted by Gasteiger charge is 2.10. The van der Waals surface area contributed by atoms with Crippen LogP contribution in [0.15, 0.2) is 54.2 Å². The van der Waals surface area contributed by atoms with E-state index in [-0.39, 0.29) is 5.82 Å². The molecule has 0 amide bonds. The van der Waals surface area contributed by atoms with Crippen LogP contribution in [0.3, 0.4) is 0 Å². The Labute approximate surface area is 154 Å². The molecule has 3 aromatic rings. The second-order valence-corrected chi connectivity index (χ2v) is 5.41. The highest BCUT2D eigenvalue weighted by atomic mass is 35.5. The quantitative estimate of drug-likeness (QED) is 0.504. The highest BCUT2D eigenvalue weighted by Crippen LogP contribution is 2.32. The van der Waals surface area contributed by atoms with Gasteiger partial charge in [0.1, 0.15) is 36.6 Å². The van der Waals surface area contributed by atoms with Gasteiger partial charge in [0.25, 0.3) is 0 Å². The minimum absolute atomic E-state index is 0.269. The lowest BCUT2D eigenvalue weighted by Crippen LogP contribution is -2.05. The van der Waals surface area contributed by atoms with Crippen molar-refractivity contribution >= 4 is 35.1 Å². The van der Waals surface area contributed by atoms with Crippen LogP contribution in [0.4, 0.5) is 17.3 Å². The summed E-state index contributed by atoms with van der Waals surface area (Å²) in [6.07, 6.45) is 6.05. The van der Waals surface area contributed by atoms with Gasteiger partial charge in [0.15, 0.2) is 0 Å². The first kappa shape index (κ1) is 17.4. The van der Waals surface area contributed by atoms with E-state index in [9.17, 15) is 0 Å². The molecule has 0 unspecified atom stereocenters. The molecule has 8 nitrogen and oxygen atoms in total. The largest absolute Gasteiger partial charge is 0.454 e. The van der Waals surface area contributed by atoms with Crippen molar-refractivity contribution in [2.24, 2.45) is 5.16 Å². The van der Waals surface area contributed by atoms with Gasteiger partial charge in [-0.3, -0.25) is 4.98 Å². The predicted molar refractivity (Wildman–Crippen MR) is 100 cm³/mol. The molecule has 2 aromatic heterocycles. The van der Waals surface area contributed by atoms with Gasteiger partial charge < -0.3 is 20.6 Å². The topological polar surface area (TPSA) is 108 Å². The Morgan fingerprint density at radius 3 is 2.88 bits per heavy atom. The number of oxime groups is 1. The van der Waals surface area contributed by atoms with Crippen LogP contribution in [0, 0.1) is 0 Å². The normalized spacial score (nSPS) is 10.7. The van der Waals surface area contributed by atoms with Crippen LogP contribution >= 0.6 is 11.6 Å². The first-order valence-corrected chi connectivity index (χ1v) is 7.86. The minimum atomic E-state index is 0.269. The van der Waals surface area contributed by atoms with Gasteiger partial charge in [-0.05, 0) is 30.3 Å². The fraction of sp³-hybridized carbons (Fsp3) is 0.0588. The fourth-order valence-corrected chi connectivity index (χ4v) is 2.29. The van der Waals surface area contributed by atoms with Crippen molar-refractivity contribution in [2.75, 3.05) is 18.2 Å². The van der Waals surface area contributed by atoms with Crippen molar-refractivity contribution in [1.29, 1.82) is 0 Å². The third-order valence-corrected chi connectivity index (χ3v) is 3.55. The molecular formula is C17H15ClN6O2. The van der Waals surface area contributed by atoms with Crippen molar-refractivity contribution < 1.29 is 9.57 Å². The summed E-state index contributed by atoms with van der Waals surface area (Å²) in [5.41, 5.74) is 7.06. The van der Waals surface area contributed by atoms with Crippen molar-refractivity contribution in [3.63, 3.8) is 0 Å². The van der Waals surface area contributed by atoms with Crippen LogP contribution in [0.5, 0.6) is 11.5 Å². The number of hydrogen-bond acceptors (Lipinski definition) is 8. The van der Waals surface area contributed by atoms with E-state index in [1.807, 2.05) is 0 Å². The fourth-order valence-electron chi connectivity index (χ4n) is 2.07. The molecule has 3 rings (SSSR count). The number of rotatable bonds is 6. The van der Waals surface area contributed by atoms with E-state index in [0.29, 0.717) is 33.6 Å². The molecule has 3 N–H and O–H groups in total. The number of anilines is 3. The molecule has 0 aliphatic carbocycles. The van der Waals surface area contributed by atoms with Crippen molar-refractivity contribution in [2.45, 2.75) is 0 Å². The van der Waals surface area contributed by atoms with Gasteiger partial charge in [-0.1, -0.05) is 16.8 Å². The number of nitrogen functional groups attached to an aromatic ring is 1. The zero-order chi connectivity index (χ0) is 18.4. The third-order valence-electron chi connectivity index (χ3n) is 3.26. The van der Waals surface area contributed by atoms with Crippen molar-refractivity contribution in [1.82, 2.24) is 15.0 Å². The van der Waals surface area contributed by atoms with Crippen LogP contribution in [0.1, 0.15) is 5.56 Å². The highest BCUT2D eigenvalue weighted by molar-refractivity contribution is 6.32. The number of nitrogens with zero attached hydrogens (tertiary/aromatic N) is 4. The van der Waals surface area contributed by atoms with Gasteiger partial charge in [-0.2, -0.15) is 0 Å². The molecule has 0 aliphatic rings. The smallest absolute Gasteiger partial charge is 0.146 e. The number of benzene rings is 1. The zero-order valence-electron chi connectivity index (χ0n) is 13.8. The Kier molecular flexibility index (Phi) is 5.45. The summed E-state index contributed by atoms with van der Waals surface area (Å²) < 4.78 is 5.70. The van der Waals surface area contributed by atoms with Gasteiger partial charge in [0.05, 0.1) is 23.0 Å². The monoisotopic (exact) mass is 370 g/mol. The predicted octanol–water partition coefficient (Wildman–Crippen LogP) is 3.62. The molecule has 9 heteroatoms. The average Bonchev–Trinajstić information content (AvgIpc) is 2.64. The van der Waals surface area contributed by atoms with Crippen LogP contribution < -0.4 is 15.8 Å². The summed E-state index contributed by atoms with van der Waals surface area (Å²) in [4.78, 5) is 16.8. The summed E-state index contributed by atoms with van der Waals surface area (Å²) in [6.45, 7) is 0. The van der Waals surface area contributed by atoms with E-state index in [2.05, 4.69) is 30.3 Å². The van der Waals surface area contributed by atoms with Gasteiger partial charge in [-0.15, -0.1) is 0 Å². The molecule has 0 saturated heterocycles.